The van der Waals surface area contributed by atoms with E-state index in [0.717, 1.165) is 29.1 Å². The molecule has 1 aromatic carbocycles. The van der Waals surface area contributed by atoms with Crippen LogP contribution in [0.15, 0.2) is 30.4 Å². The van der Waals surface area contributed by atoms with Crippen molar-refractivity contribution in [3.05, 3.63) is 35.9 Å². The Kier molecular flexibility index (Phi) is 3.66. The third-order valence-electron chi connectivity index (χ3n) is 2.73. The number of ether oxygens (including phenoxy) is 2. The molecule has 92 valence electrons. The van der Waals surface area contributed by atoms with Crippen LogP contribution in [-0.2, 0) is 0 Å². The first kappa shape index (κ1) is 12.0. The van der Waals surface area contributed by atoms with Crippen LogP contribution in [0.1, 0.15) is 24.9 Å². The summed E-state index contributed by atoms with van der Waals surface area (Å²) in [5.74, 6) is 7.18. The Balaban J connectivity index is 2.32. The van der Waals surface area contributed by atoms with Crippen molar-refractivity contribution in [2.75, 3.05) is 13.2 Å². The summed E-state index contributed by atoms with van der Waals surface area (Å²) in [6.45, 7) is 7.07. The van der Waals surface area contributed by atoms with Crippen molar-refractivity contribution in [2.45, 2.75) is 19.4 Å². The third kappa shape index (κ3) is 2.60. The molecule has 0 radical (unpaired) electrons. The monoisotopic (exact) mass is 234 g/mol. The second-order valence-electron chi connectivity index (χ2n) is 4.25. The van der Waals surface area contributed by atoms with Gasteiger partial charge in [0.25, 0.3) is 0 Å². The van der Waals surface area contributed by atoms with E-state index in [-0.39, 0.29) is 6.04 Å². The van der Waals surface area contributed by atoms with Crippen molar-refractivity contribution < 1.29 is 9.47 Å². The van der Waals surface area contributed by atoms with E-state index in [0.29, 0.717) is 13.2 Å². The van der Waals surface area contributed by atoms with E-state index in [4.69, 9.17) is 15.3 Å². The minimum Gasteiger partial charge on any atom is -0.486 e. The van der Waals surface area contributed by atoms with Gasteiger partial charge in [0.05, 0.1) is 6.04 Å². The Morgan fingerprint density at radius 3 is 2.94 bits per heavy atom. The molecule has 0 saturated carbocycles. The maximum atomic E-state index is 5.67. The van der Waals surface area contributed by atoms with E-state index in [1.807, 2.05) is 25.1 Å². The number of nitrogens with two attached hydrogens (primary N) is 1. The van der Waals surface area contributed by atoms with Gasteiger partial charge in [-0.3, -0.25) is 11.3 Å². The summed E-state index contributed by atoms with van der Waals surface area (Å²) in [4.78, 5) is 0. The molecule has 0 amide bonds. The van der Waals surface area contributed by atoms with Gasteiger partial charge < -0.3 is 9.47 Å². The van der Waals surface area contributed by atoms with Crippen LogP contribution < -0.4 is 20.7 Å². The van der Waals surface area contributed by atoms with Crippen LogP contribution in [0.5, 0.6) is 11.5 Å². The maximum absolute atomic E-state index is 5.67. The zero-order valence-electron chi connectivity index (χ0n) is 10.0. The molecule has 0 spiro atoms. The van der Waals surface area contributed by atoms with E-state index in [9.17, 15) is 0 Å². The second kappa shape index (κ2) is 5.21. The van der Waals surface area contributed by atoms with Gasteiger partial charge in [0.1, 0.15) is 13.2 Å². The third-order valence-corrected chi connectivity index (χ3v) is 2.73. The standard InChI is InChI=1S/C13H18N2O2/c1-9(2)8-11(15-14)10-4-3-5-12-13(10)17-7-6-16-12/h3-5,11,15H,1,6-8,14H2,2H3. The number of hydrogen-bond acceptors (Lipinski definition) is 4. The molecule has 1 aliphatic rings. The smallest absolute Gasteiger partial charge is 0.166 e. The fourth-order valence-electron chi connectivity index (χ4n) is 1.98. The van der Waals surface area contributed by atoms with Crippen molar-refractivity contribution >= 4 is 0 Å². The lowest BCUT2D eigenvalue weighted by Gasteiger charge is -2.25. The molecule has 0 aromatic heterocycles. The number of hydrazine groups is 1. The Bertz CT molecular complexity index is 418. The first-order valence-electron chi connectivity index (χ1n) is 5.71. The molecule has 0 bridgehead atoms. The predicted octanol–water partition coefficient (Wildman–Crippen LogP) is 1.93. The number of nitrogens with one attached hydrogen (secondary N) is 1. The van der Waals surface area contributed by atoms with Gasteiger partial charge in [-0.2, -0.15) is 0 Å². The fraction of sp³-hybridized carbons (Fsp3) is 0.385. The summed E-state index contributed by atoms with van der Waals surface area (Å²) < 4.78 is 11.2. The maximum Gasteiger partial charge on any atom is 0.166 e. The fourth-order valence-corrected chi connectivity index (χ4v) is 1.98. The zero-order valence-corrected chi connectivity index (χ0v) is 10.0. The van der Waals surface area contributed by atoms with Gasteiger partial charge in [-0.05, 0) is 19.4 Å². The molecule has 17 heavy (non-hydrogen) atoms. The molecule has 0 fully saturated rings. The summed E-state index contributed by atoms with van der Waals surface area (Å²) in [6, 6.07) is 5.86. The predicted molar refractivity (Wildman–Crippen MR) is 66.9 cm³/mol. The number of hydrogen-bond donors (Lipinski definition) is 2. The van der Waals surface area contributed by atoms with Crippen molar-refractivity contribution in [3.8, 4) is 11.5 Å². The van der Waals surface area contributed by atoms with Gasteiger partial charge >= 0.3 is 0 Å². The Morgan fingerprint density at radius 2 is 2.24 bits per heavy atom. The van der Waals surface area contributed by atoms with Crippen LogP contribution in [0.3, 0.4) is 0 Å². The molecule has 1 aromatic rings. The van der Waals surface area contributed by atoms with Gasteiger partial charge in [-0.1, -0.05) is 17.7 Å². The normalized spacial score (nSPS) is 15.4. The molecular formula is C13H18N2O2. The molecule has 4 heteroatoms. The topological polar surface area (TPSA) is 56.5 Å². The molecule has 2 rings (SSSR count). The minimum atomic E-state index is 0.00384. The van der Waals surface area contributed by atoms with E-state index in [2.05, 4.69) is 12.0 Å². The highest BCUT2D eigenvalue weighted by Gasteiger charge is 2.21. The summed E-state index contributed by atoms with van der Waals surface area (Å²) in [7, 11) is 0. The highest BCUT2D eigenvalue weighted by atomic mass is 16.6. The number of rotatable bonds is 4. The van der Waals surface area contributed by atoms with Crippen LogP contribution in [-0.4, -0.2) is 13.2 Å². The van der Waals surface area contributed by atoms with Crippen LogP contribution in [0.2, 0.25) is 0 Å². The lowest BCUT2D eigenvalue weighted by molar-refractivity contribution is 0.168. The quantitative estimate of drug-likeness (QED) is 0.475. The number of para-hydroxylation sites is 1. The first-order chi connectivity index (χ1) is 8.22. The lowest BCUT2D eigenvalue weighted by Crippen LogP contribution is -2.29. The SMILES string of the molecule is C=C(C)CC(NN)c1cccc2c1OCCO2. The van der Waals surface area contributed by atoms with Crippen LogP contribution in [0, 0.1) is 0 Å². The first-order valence-corrected chi connectivity index (χ1v) is 5.71. The summed E-state index contributed by atoms with van der Waals surface area (Å²) in [5, 5.41) is 0. The molecule has 4 nitrogen and oxygen atoms in total. The lowest BCUT2D eigenvalue weighted by atomic mass is 9.99. The van der Waals surface area contributed by atoms with Gasteiger partial charge in [0.2, 0.25) is 0 Å². The van der Waals surface area contributed by atoms with Crippen molar-refractivity contribution in [1.82, 2.24) is 5.43 Å². The number of benzene rings is 1. The molecule has 3 N–H and O–H groups in total. The Labute approximate surface area is 101 Å². The highest BCUT2D eigenvalue weighted by molar-refractivity contribution is 5.49. The van der Waals surface area contributed by atoms with Crippen LogP contribution in [0.25, 0.3) is 0 Å². The molecule has 1 aliphatic heterocycles. The van der Waals surface area contributed by atoms with Crippen molar-refractivity contribution in [2.24, 2.45) is 5.84 Å². The minimum absolute atomic E-state index is 0.00384. The molecule has 0 aliphatic carbocycles. The van der Waals surface area contributed by atoms with Gasteiger partial charge in [0.15, 0.2) is 11.5 Å². The Hall–Kier alpha value is -1.52. The van der Waals surface area contributed by atoms with Gasteiger partial charge in [0, 0.05) is 5.56 Å². The summed E-state index contributed by atoms with van der Waals surface area (Å²) in [6.07, 6.45) is 0.774. The van der Waals surface area contributed by atoms with Gasteiger partial charge in [-0.15, -0.1) is 6.58 Å². The molecule has 0 saturated heterocycles. The Morgan fingerprint density at radius 1 is 1.47 bits per heavy atom. The summed E-state index contributed by atoms with van der Waals surface area (Å²) in [5.41, 5.74) is 4.90. The van der Waals surface area contributed by atoms with Gasteiger partial charge in [-0.25, -0.2) is 0 Å². The highest BCUT2D eigenvalue weighted by Crippen LogP contribution is 2.38. The van der Waals surface area contributed by atoms with E-state index in [1.165, 1.54) is 0 Å². The van der Waals surface area contributed by atoms with E-state index in [1.54, 1.807) is 0 Å². The molecular weight excluding hydrogens is 216 g/mol. The van der Waals surface area contributed by atoms with Crippen LogP contribution in [0.4, 0.5) is 0 Å². The van der Waals surface area contributed by atoms with Crippen molar-refractivity contribution in [3.63, 3.8) is 0 Å². The molecule has 1 heterocycles. The van der Waals surface area contributed by atoms with E-state index >= 15 is 0 Å². The molecule has 1 unspecified atom stereocenters. The second-order valence-corrected chi connectivity index (χ2v) is 4.25. The van der Waals surface area contributed by atoms with Crippen molar-refractivity contribution in [1.29, 1.82) is 0 Å². The average molecular weight is 234 g/mol. The summed E-state index contributed by atoms with van der Waals surface area (Å²) >= 11 is 0. The van der Waals surface area contributed by atoms with Crippen LogP contribution >= 0.6 is 0 Å². The zero-order chi connectivity index (χ0) is 12.3. The largest absolute Gasteiger partial charge is 0.486 e. The number of fused-ring (bicyclic) bond motifs is 1. The average Bonchev–Trinajstić information content (AvgIpc) is 2.35. The van der Waals surface area contributed by atoms with E-state index < -0.39 is 0 Å². The molecule has 1 atom stereocenters.